The molecule has 0 bridgehead atoms. The molecule has 1 atom stereocenters. The highest BCUT2D eigenvalue weighted by Crippen LogP contribution is 2.29. The largest absolute Gasteiger partial charge is 0.465 e. The Bertz CT molecular complexity index is 1210. The van der Waals surface area contributed by atoms with Crippen molar-refractivity contribution in [1.82, 2.24) is 4.31 Å². The van der Waals surface area contributed by atoms with Gasteiger partial charge in [-0.1, -0.05) is 17.7 Å². The molecule has 35 heavy (non-hydrogen) atoms. The molecule has 3 rings (SSSR count). The van der Waals surface area contributed by atoms with Gasteiger partial charge in [0.05, 0.1) is 36.2 Å². The van der Waals surface area contributed by atoms with E-state index in [1.165, 1.54) is 36.7 Å². The quantitative estimate of drug-likeness (QED) is 0.603. The summed E-state index contributed by atoms with van der Waals surface area (Å²) in [7, 11) is -1.37. The molecule has 2 aromatic carbocycles. The number of carbonyl (C=O) groups excluding carboxylic acids is 3. The van der Waals surface area contributed by atoms with Crippen LogP contribution in [0.15, 0.2) is 35.2 Å². The van der Waals surface area contributed by atoms with Crippen molar-refractivity contribution in [3.8, 4) is 0 Å². The minimum absolute atomic E-state index is 0.0292. The summed E-state index contributed by atoms with van der Waals surface area (Å²) >= 11 is 0. The van der Waals surface area contributed by atoms with E-state index in [1.54, 1.807) is 13.8 Å². The van der Waals surface area contributed by atoms with Gasteiger partial charge in [0.2, 0.25) is 15.9 Å². The molecule has 0 aliphatic carbocycles. The Morgan fingerprint density at radius 3 is 1.97 bits per heavy atom. The summed E-state index contributed by atoms with van der Waals surface area (Å²) < 4.78 is 37.7. The molecule has 0 unspecified atom stereocenters. The molecular formula is C25H30N2O7S. The van der Waals surface area contributed by atoms with Gasteiger partial charge in [-0.15, -0.1) is 0 Å². The van der Waals surface area contributed by atoms with Gasteiger partial charge in [-0.25, -0.2) is 18.0 Å². The Labute approximate surface area is 205 Å². The highest BCUT2D eigenvalue weighted by Gasteiger charge is 2.35. The highest BCUT2D eigenvalue weighted by atomic mass is 32.2. The molecule has 0 spiro atoms. The molecule has 2 aromatic rings. The van der Waals surface area contributed by atoms with E-state index in [2.05, 4.69) is 5.32 Å². The van der Waals surface area contributed by atoms with Crippen LogP contribution in [-0.4, -0.2) is 57.9 Å². The van der Waals surface area contributed by atoms with E-state index < -0.39 is 33.8 Å². The van der Waals surface area contributed by atoms with Crippen LogP contribution in [0.1, 0.15) is 50.2 Å². The molecule has 0 aromatic heterocycles. The second kappa shape index (κ2) is 10.6. The molecule has 10 heteroatoms. The third-order valence-corrected chi connectivity index (χ3v) is 8.17. The number of aryl methyl sites for hydroxylation is 3. The Hall–Kier alpha value is -3.24. The number of nitrogens with zero attached hydrogens (tertiary/aromatic N) is 1. The zero-order valence-corrected chi connectivity index (χ0v) is 21.3. The number of anilines is 1. The van der Waals surface area contributed by atoms with Crippen LogP contribution in [0.25, 0.3) is 0 Å². The normalized spacial score (nSPS) is 16.4. The molecule has 0 radical (unpaired) electrons. The lowest BCUT2D eigenvalue weighted by molar-refractivity contribution is -0.120. The topological polar surface area (TPSA) is 119 Å². The van der Waals surface area contributed by atoms with Gasteiger partial charge in [-0.05, 0) is 62.9 Å². The maximum atomic E-state index is 13.5. The average molecular weight is 503 g/mol. The van der Waals surface area contributed by atoms with Gasteiger partial charge in [0.1, 0.15) is 0 Å². The molecule has 188 valence electrons. The number of methoxy groups -OCH3 is 2. The Morgan fingerprint density at radius 2 is 1.46 bits per heavy atom. The maximum absolute atomic E-state index is 13.5. The first-order chi connectivity index (χ1) is 16.5. The van der Waals surface area contributed by atoms with Crippen molar-refractivity contribution >= 4 is 33.6 Å². The summed E-state index contributed by atoms with van der Waals surface area (Å²) in [6.07, 6.45) is 1.03. The van der Waals surface area contributed by atoms with Crippen molar-refractivity contribution in [2.75, 3.05) is 32.6 Å². The van der Waals surface area contributed by atoms with Crippen molar-refractivity contribution in [3.63, 3.8) is 0 Å². The smallest absolute Gasteiger partial charge is 0.337 e. The van der Waals surface area contributed by atoms with Gasteiger partial charge in [0.25, 0.3) is 0 Å². The van der Waals surface area contributed by atoms with Crippen molar-refractivity contribution in [1.29, 1.82) is 0 Å². The molecule has 1 aliphatic heterocycles. The number of benzene rings is 2. The van der Waals surface area contributed by atoms with Crippen molar-refractivity contribution in [2.24, 2.45) is 5.92 Å². The summed E-state index contributed by atoms with van der Waals surface area (Å²) in [5.41, 5.74) is 2.68. The predicted molar refractivity (Wildman–Crippen MR) is 130 cm³/mol. The van der Waals surface area contributed by atoms with E-state index in [1.807, 2.05) is 19.1 Å². The third kappa shape index (κ3) is 5.71. The second-order valence-corrected chi connectivity index (χ2v) is 10.6. The van der Waals surface area contributed by atoms with E-state index >= 15 is 0 Å². The Balaban J connectivity index is 1.84. The minimum atomic E-state index is -3.79. The van der Waals surface area contributed by atoms with Crippen LogP contribution in [0.4, 0.5) is 5.69 Å². The lowest BCUT2D eigenvalue weighted by Crippen LogP contribution is -2.44. The summed E-state index contributed by atoms with van der Waals surface area (Å²) in [4.78, 5) is 37.4. The number of rotatable bonds is 6. The molecule has 1 saturated heterocycles. The first kappa shape index (κ1) is 26.4. The number of amides is 1. The fourth-order valence-corrected chi connectivity index (χ4v) is 6.43. The highest BCUT2D eigenvalue weighted by molar-refractivity contribution is 7.89. The Morgan fingerprint density at radius 1 is 0.914 bits per heavy atom. The first-order valence-electron chi connectivity index (χ1n) is 11.2. The van der Waals surface area contributed by atoms with Crippen LogP contribution < -0.4 is 5.32 Å². The molecule has 0 saturated carbocycles. The lowest BCUT2D eigenvalue weighted by atomic mass is 9.98. The third-order valence-electron chi connectivity index (χ3n) is 6.00. The number of ether oxygens (including phenoxy) is 2. The molecule has 1 aliphatic rings. The van der Waals surface area contributed by atoms with E-state index in [-0.39, 0.29) is 28.3 Å². The van der Waals surface area contributed by atoms with Crippen LogP contribution in [-0.2, 0) is 24.3 Å². The van der Waals surface area contributed by atoms with Gasteiger partial charge in [-0.3, -0.25) is 4.79 Å². The number of carbonyl (C=O) groups is 3. The van der Waals surface area contributed by atoms with Crippen molar-refractivity contribution in [2.45, 2.75) is 38.5 Å². The minimum Gasteiger partial charge on any atom is -0.465 e. The summed E-state index contributed by atoms with van der Waals surface area (Å²) in [5.74, 6) is -2.36. The molecular weight excluding hydrogens is 472 g/mol. The molecule has 1 heterocycles. The van der Waals surface area contributed by atoms with E-state index in [9.17, 15) is 22.8 Å². The second-order valence-electron chi connectivity index (χ2n) is 8.70. The maximum Gasteiger partial charge on any atom is 0.337 e. The van der Waals surface area contributed by atoms with Crippen LogP contribution in [0.3, 0.4) is 0 Å². The van der Waals surface area contributed by atoms with Crippen molar-refractivity contribution < 1.29 is 32.3 Å². The van der Waals surface area contributed by atoms with Gasteiger partial charge < -0.3 is 14.8 Å². The Kier molecular flexibility index (Phi) is 7.97. The van der Waals surface area contributed by atoms with E-state index in [0.717, 1.165) is 5.56 Å². The number of esters is 2. The van der Waals surface area contributed by atoms with E-state index in [0.29, 0.717) is 30.5 Å². The van der Waals surface area contributed by atoms with Gasteiger partial charge in [0, 0.05) is 18.8 Å². The zero-order valence-electron chi connectivity index (χ0n) is 20.5. The van der Waals surface area contributed by atoms with Crippen molar-refractivity contribution in [3.05, 3.63) is 58.1 Å². The predicted octanol–water partition coefficient (Wildman–Crippen LogP) is 3.22. The number of hydrogen-bond acceptors (Lipinski definition) is 7. The van der Waals surface area contributed by atoms with Crippen LogP contribution >= 0.6 is 0 Å². The average Bonchev–Trinajstić information content (AvgIpc) is 2.81. The number of sulfonamides is 1. The fraction of sp³-hybridized carbons (Fsp3) is 0.400. The number of piperidine rings is 1. The van der Waals surface area contributed by atoms with Gasteiger partial charge in [-0.2, -0.15) is 4.31 Å². The fourth-order valence-electron chi connectivity index (χ4n) is 4.49. The van der Waals surface area contributed by atoms with Crippen LogP contribution in [0.5, 0.6) is 0 Å². The lowest BCUT2D eigenvalue weighted by Gasteiger charge is -2.32. The van der Waals surface area contributed by atoms with Gasteiger partial charge in [0.15, 0.2) is 0 Å². The number of hydrogen-bond donors (Lipinski definition) is 1. The summed E-state index contributed by atoms with van der Waals surface area (Å²) in [6.45, 7) is 5.81. The number of nitrogens with one attached hydrogen (secondary N) is 1. The SMILES string of the molecule is COC(=O)c1cc(NC(=O)[C@H]2CCCN(S(=O)(=O)c3c(C)cc(C)cc3C)C2)cc(C(=O)OC)c1. The standard InChI is InChI=1S/C25H30N2O7S/c1-15-9-16(2)22(17(3)10-15)35(31,32)27-8-6-7-18(14-27)23(28)26-21-12-19(24(29)33-4)11-20(13-21)25(30)34-5/h9-13,18H,6-8,14H2,1-5H3,(H,26,28)/t18-/m0/s1. The molecule has 9 nitrogen and oxygen atoms in total. The van der Waals surface area contributed by atoms with Crippen LogP contribution in [0, 0.1) is 26.7 Å². The van der Waals surface area contributed by atoms with Crippen LogP contribution in [0.2, 0.25) is 0 Å². The van der Waals surface area contributed by atoms with Gasteiger partial charge >= 0.3 is 11.9 Å². The monoisotopic (exact) mass is 502 g/mol. The summed E-state index contributed by atoms with van der Waals surface area (Å²) in [6, 6.07) is 7.77. The molecule has 1 N–H and O–H groups in total. The molecule has 1 fully saturated rings. The summed E-state index contributed by atoms with van der Waals surface area (Å²) in [5, 5.41) is 2.72. The first-order valence-corrected chi connectivity index (χ1v) is 12.6. The zero-order chi connectivity index (χ0) is 25.9. The van der Waals surface area contributed by atoms with E-state index in [4.69, 9.17) is 9.47 Å². The molecule has 1 amide bonds.